The predicted octanol–water partition coefficient (Wildman–Crippen LogP) is 7.91. The van der Waals surface area contributed by atoms with Gasteiger partial charge < -0.3 is 34.9 Å². The van der Waals surface area contributed by atoms with E-state index >= 15 is 0 Å². The van der Waals surface area contributed by atoms with Crippen molar-refractivity contribution in [3.8, 4) is 22.4 Å². The summed E-state index contributed by atoms with van der Waals surface area (Å²) in [4.78, 5) is 56.7. The van der Waals surface area contributed by atoms with Crippen molar-refractivity contribution < 1.29 is 24.2 Å². The molecule has 2 fully saturated rings. The van der Waals surface area contributed by atoms with Crippen LogP contribution < -0.4 is 5.32 Å². The quantitative estimate of drug-likeness (QED) is 0.111. The first-order chi connectivity index (χ1) is 26.7. The summed E-state index contributed by atoms with van der Waals surface area (Å²) in [7, 11) is 1.30. The van der Waals surface area contributed by atoms with Gasteiger partial charge in [0.25, 0.3) is 0 Å². The molecule has 0 bridgehead atoms. The topological polar surface area (TPSA) is 157 Å². The third-order valence-electron chi connectivity index (χ3n) is 10.3. The number of likely N-dealkylation sites (tertiary alicyclic amines) is 1. The maximum absolute atomic E-state index is 13.5. The van der Waals surface area contributed by atoms with Crippen molar-refractivity contribution in [1.82, 2.24) is 35.1 Å². The average Bonchev–Trinajstić information content (AvgIpc) is 3.99. The number of hydrogen-bond donors (Lipinski definition) is 4. The monoisotopic (exact) mass is 781 g/mol. The number of aliphatic hydroxyl groups is 1. The van der Waals surface area contributed by atoms with E-state index in [1.807, 2.05) is 35.9 Å². The first kappa shape index (κ1) is 40.8. The molecule has 2 saturated heterocycles. The fourth-order valence-electron chi connectivity index (χ4n) is 7.44. The van der Waals surface area contributed by atoms with E-state index in [1.165, 1.54) is 7.11 Å². The molecule has 56 heavy (non-hydrogen) atoms. The zero-order valence-corrected chi connectivity index (χ0v) is 34.3. The van der Waals surface area contributed by atoms with Crippen LogP contribution in [0, 0.1) is 11.8 Å². The standard InChI is InChI=1S/C31H32N6O3.C12H23NO2S/c1-18(2)28(36-31(39)40-3)30(38)37-12-4-5-27(37)29-34-24-11-10-22(15-25(24)35-29)20-6-7-21-14-23(9-8-19(21)13-20)26-16-32-17-33-26;1-9(2)7-10(14)13-5-6-16-11(13)8-12(3,4)15/h6-11,13-18,27-28H,4-5,12H2,1-3H3,(H,32,33)(H,34,35)(H,36,39);9,11,15H,5-8H2,1-4H3. The molecule has 0 saturated carbocycles. The Kier molecular flexibility index (Phi) is 12.7. The van der Waals surface area contributed by atoms with Crippen LogP contribution >= 0.6 is 11.8 Å². The number of nitrogens with one attached hydrogen (secondary N) is 3. The summed E-state index contributed by atoms with van der Waals surface area (Å²) in [5.74, 6) is 2.20. The van der Waals surface area contributed by atoms with Gasteiger partial charge in [-0.3, -0.25) is 9.59 Å². The molecule has 298 valence electrons. The van der Waals surface area contributed by atoms with E-state index in [-0.39, 0.29) is 29.1 Å². The van der Waals surface area contributed by atoms with Gasteiger partial charge in [0.05, 0.1) is 53.4 Å². The smallest absolute Gasteiger partial charge is 0.407 e. The highest BCUT2D eigenvalue weighted by molar-refractivity contribution is 8.00. The van der Waals surface area contributed by atoms with Gasteiger partial charge in [-0.1, -0.05) is 58.0 Å². The minimum atomic E-state index is -0.696. The van der Waals surface area contributed by atoms with E-state index in [1.54, 1.807) is 31.9 Å². The van der Waals surface area contributed by atoms with Crippen LogP contribution in [-0.2, 0) is 14.3 Å². The number of H-pyrrole nitrogens is 2. The number of alkyl carbamates (subject to hydrolysis) is 1. The molecule has 3 aromatic carbocycles. The van der Waals surface area contributed by atoms with E-state index in [0.29, 0.717) is 25.3 Å². The first-order valence-corrected chi connectivity index (χ1v) is 20.6. The molecule has 0 aliphatic carbocycles. The SMILES string of the molecule is CC(C)CC(=O)N1CCSC1CC(C)(C)O.COC(=O)NC(C(=O)N1CCCC1c1nc2ccc(-c3ccc4cc(-c5cnc[nH]5)ccc4c3)cc2[nH]1)C(C)C. The first-order valence-electron chi connectivity index (χ1n) is 19.5. The van der Waals surface area contributed by atoms with Crippen molar-refractivity contribution >= 4 is 51.5 Å². The summed E-state index contributed by atoms with van der Waals surface area (Å²) >= 11 is 1.78. The Morgan fingerprint density at radius 1 is 0.982 bits per heavy atom. The Morgan fingerprint density at radius 2 is 1.68 bits per heavy atom. The Morgan fingerprint density at radius 3 is 2.34 bits per heavy atom. The molecule has 3 amide bonds. The van der Waals surface area contributed by atoms with E-state index in [4.69, 9.17) is 9.72 Å². The van der Waals surface area contributed by atoms with Gasteiger partial charge in [0, 0.05) is 37.2 Å². The van der Waals surface area contributed by atoms with Gasteiger partial charge in [-0.15, -0.1) is 11.8 Å². The van der Waals surface area contributed by atoms with E-state index < -0.39 is 17.7 Å². The molecule has 0 spiro atoms. The van der Waals surface area contributed by atoms with Crippen LogP contribution in [0.4, 0.5) is 4.79 Å². The highest BCUT2D eigenvalue weighted by Gasteiger charge is 2.38. The number of aromatic nitrogens is 4. The second-order valence-corrected chi connectivity index (χ2v) is 17.5. The van der Waals surface area contributed by atoms with Crippen LogP contribution in [0.2, 0.25) is 0 Å². The lowest BCUT2D eigenvalue weighted by Crippen LogP contribution is -2.51. The third kappa shape index (κ3) is 9.73. The van der Waals surface area contributed by atoms with Crippen LogP contribution in [0.25, 0.3) is 44.2 Å². The largest absolute Gasteiger partial charge is 0.453 e. The number of fused-ring (bicyclic) bond motifs is 2. The number of aromatic amines is 2. The van der Waals surface area contributed by atoms with Crippen molar-refractivity contribution in [2.24, 2.45) is 11.8 Å². The zero-order chi connectivity index (χ0) is 40.1. The number of thioether (sulfide) groups is 1. The molecule has 4 N–H and O–H groups in total. The minimum Gasteiger partial charge on any atom is -0.453 e. The molecular weight excluding hydrogens is 727 g/mol. The maximum Gasteiger partial charge on any atom is 0.407 e. The summed E-state index contributed by atoms with van der Waals surface area (Å²) in [6.45, 7) is 13.0. The number of nitrogens with zero attached hydrogens (tertiary/aromatic N) is 4. The van der Waals surface area contributed by atoms with Gasteiger partial charge in [0.15, 0.2) is 0 Å². The third-order valence-corrected chi connectivity index (χ3v) is 11.5. The zero-order valence-electron chi connectivity index (χ0n) is 33.5. The van der Waals surface area contributed by atoms with E-state index in [0.717, 1.165) is 75.2 Å². The number of imidazole rings is 2. The van der Waals surface area contributed by atoms with Crippen LogP contribution in [0.3, 0.4) is 0 Å². The Balaban J connectivity index is 0.000000280. The minimum absolute atomic E-state index is 0.0786. The molecule has 0 radical (unpaired) electrons. The lowest BCUT2D eigenvalue weighted by atomic mass is 9.99. The molecule has 3 unspecified atom stereocenters. The molecular formula is C43H55N7O5S. The van der Waals surface area contributed by atoms with Crippen molar-refractivity contribution in [2.75, 3.05) is 26.0 Å². The maximum atomic E-state index is 13.5. The number of amides is 3. The van der Waals surface area contributed by atoms with E-state index in [2.05, 4.69) is 82.6 Å². The summed E-state index contributed by atoms with van der Waals surface area (Å²) in [6, 6.07) is 18.3. The second-order valence-electron chi connectivity index (χ2n) is 16.2. The number of hydrogen-bond acceptors (Lipinski definition) is 8. The number of rotatable bonds is 10. The van der Waals surface area contributed by atoms with Crippen LogP contribution in [0.1, 0.15) is 79.1 Å². The van der Waals surface area contributed by atoms with Crippen molar-refractivity contribution in [2.45, 2.75) is 90.3 Å². The summed E-state index contributed by atoms with van der Waals surface area (Å²) in [5, 5.41) is 15.0. The van der Waals surface area contributed by atoms with Crippen molar-refractivity contribution in [3.05, 3.63) is 72.9 Å². The number of carbonyl (C=O) groups excluding carboxylic acids is 3. The van der Waals surface area contributed by atoms with Crippen LogP contribution in [-0.4, -0.2) is 95.7 Å². The normalized spacial score (nSPS) is 17.8. The number of methoxy groups -OCH3 is 1. The average molecular weight is 782 g/mol. The van der Waals surface area contributed by atoms with Gasteiger partial charge in [-0.2, -0.15) is 0 Å². The Hall–Kier alpha value is -4.88. The summed E-state index contributed by atoms with van der Waals surface area (Å²) in [5.41, 5.74) is 5.39. The number of ether oxygens (including phenoxy) is 1. The lowest BCUT2D eigenvalue weighted by molar-refractivity contribution is -0.135. The predicted molar refractivity (Wildman–Crippen MR) is 223 cm³/mol. The number of benzene rings is 3. The molecule has 4 heterocycles. The van der Waals surface area contributed by atoms with Gasteiger partial charge in [-0.25, -0.2) is 14.8 Å². The molecule has 3 atom stereocenters. The fraction of sp³-hybridized carbons (Fsp3) is 0.465. The lowest BCUT2D eigenvalue weighted by Gasteiger charge is -2.29. The Labute approximate surface area is 333 Å². The van der Waals surface area contributed by atoms with Crippen molar-refractivity contribution in [3.63, 3.8) is 0 Å². The highest BCUT2D eigenvalue weighted by Crippen LogP contribution is 2.35. The summed E-state index contributed by atoms with van der Waals surface area (Å²) < 4.78 is 4.74. The molecule has 13 heteroatoms. The highest BCUT2D eigenvalue weighted by atomic mass is 32.2. The van der Waals surface area contributed by atoms with Gasteiger partial charge in [0.1, 0.15) is 11.9 Å². The molecule has 12 nitrogen and oxygen atoms in total. The molecule has 2 aliphatic rings. The Bertz CT molecular complexity index is 2140. The van der Waals surface area contributed by atoms with Gasteiger partial charge in [-0.05, 0) is 84.7 Å². The fourth-order valence-corrected chi connectivity index (χ4v) is 8.94. The van der Waals surface area contributed by atoms with Crippen molar-refractivity contribution in [1.29, 1.82) is 0 Å². The van der Waals surface area contributed by atoms with Gasteiger partial charge >= 0.3 is 6.09 Å². The van der Waals surface area contributed by atoms with Gasteiger partial charge in [0.2, 0.25) is 11.8 Å². The second kappa shape index (κ2) is 17.5. The summed E-state index contributed by atoms with van der Waals surface area (Å²) in [6.07, 6.45) is 5.86. The molecule has 7 rings (SSSR count). The molecule has 2 aromatic heterocycles. The van der Waals surface area contributed by atoms with E-state index in [9.17, 15) is 19.5 Å². The molecule has 5 aromatic rings. The molecule has 2 aliphatic heterocycles. The van der Waals surface area contributed by atoms with Crippen LogP contribution in [0.15, 0.2) is 67.1 Å². The van der Waals surface area contributed by atoms with Crippen LogP contribution in [0.5, 0.6) is 0 Å². The number of carbonyl (C=O) groups is 3.